The molecule has 0 unspecified atom stereocenters. The molecule has 24 heavy (non-hydrogen) atoms. The van der Waals surface area contributed by atoms with Crippen molar-refractivity contribution in [3.05, 3.63) is 58.6 Å². The van der Waals surface area contributed by atoms with E-state index in [4.69, 9.17) is 21.1 Å². The molecule has 0 aliphatic carbocycles. The molecule has 0 atom stereocenters. The van der Waals surface area contributed by atoms with Crippen LogP contribution in [0.2, 0.25) is 5.02 Å². The lowest BCUT2D eigenvalue weighted by atomic mass is 10.1. The summed E-state index contributed by atoms with van der Waals surface area (Å²) in [5.41, 5.74) is 1.10. The quantitative estimate of drug-likeness (QED) is 0.868. The molecule has 2 aromatic rings. The molecule has 0 aromatic heterocycles. The topological polar surface area (TPSA) is 47.6 Å². The van der Waals surface area contributed by atoms with Crippen LogP contribution in [0.4, 0.5) is 0 Å². The Balaban J connectivity index is 2.14. The Labute approximate surface area is 147 Å². The van der Waals surface area contributed by atoms with E-state index in [1.807, 2.05) is 45.0 Å². The van der Waals surface area contributed by atoms with Crippen molar-refractivity contribution < 1.29 is 14.3 Å². The molecule has 1 amide bonds. The highest BCUT2D eigenvalue weighted by Crippen LogP contribution is 2.29. The molecule has 4 nitrogen and oxygen atoms in total. The first-order chi connectivity index (χ1) is 11.3. The van der Waals surface area contributed by atoms with Crippen molar-refractivity contribution in [3.8, 4) is 11.5 Å². The minimum Gasteiger partial charge on any atom is -0.493 e. The van der Waals surface area contributed by atoms with Crippen LogP contribution < -0.4 is 14.8 Å². The highest BCUT2D eigenvalue weighted by molar-refractivity contribution is 6.31. The first-order valence-electron chi connectivity index (χ1n) is 7.67. The average Bonchev–Trinajstić information content (AvgIpc) is 2.52. The molecule has 0 aliphatic heterocycles. The highest BCUT2D eigenvalue weighted by Gasteiger charge is 2.17. The second-order valence-electron chi connectivity index (χ2n) is 6.45. The second kappa shape index (κ2) is 7.58. The molecule has 0 bridgehead atoms. The molecular weight excluding hydrogens is 326 g/mol. The van der Waals surface area contributed by atoms with Crippen molar-refractivity contribution in [1.29, 1.82) is 0 Å². The van der Waals surface area contributed by atoms with Gasteiger partial charge in [-0.1, -0.05) is 29.8 Å². The minimum absolute atomic E-state index is 0.154. The lowest BCUT2D eigenvalue weighted by Crippen LogP contribution is -2.40. The Kier molecular flexibility index (Phi) is 5.73. The van der Waals surface area contributed by atoms with Gasteiger partial charge in [0.1, 0.15) is 6.61 Å². The predicted octanol–water partition coefficient (Wildman–Crippen LogP) is 4.46. The molecule has 0 heterocycles. The van der Waals surface area contributed by atoms with Gasteiger partial charge in [0.2, 0.25) is 0 Å². The van der Waals surface area contributed by atoms with Crippen molar-refractivity contribution >= 4 is 17.5 Å². The first kappa shape index (κ1) is 18.1. The lowest BCUT2D eigenvalue weighted by Gasteiger charge is -2.21. The summed E-state index contributed by atoms with van der Waals surface area (Å²) < 4.78 is 11.1. The zero-order valence-corrected chi connectivity index (χ0v) is 15.1. The van der Waals surface area contributed by atoms with Gasteiger partial charge in [-0.15, -0.1) is 0 Å². The molecule has 0 saturated heterocycles. The third-order valence-corrected chi connectivity index (χ3v) is 3.62. The monoisotopic (exact) mass is 347 g/mol. The van der Waals surface area contributed by atoms with E-state index >= 15 is 0 Å². The number of methoxy groups -OCH3 is 1. The van der Waals surface area contributed by atoms with Gasteiger partial charge in [-0.3, -0.25) is 4.79 Å². The average molecular weight is 348 g/mol. The summed E-state index contributed by atoms with van der Waals surface area (Å²) in [6.45, 7) is 6.12. The Hall–Kier alpha value is -2.20. The third kappa shape index (κ3) is 4.90. The molecule has 128 valence electrons. The number of benzene rings is 2. The lowest BCUT2D eigenvalue weighted by molar-refractivity contribution is 0.0919. The van der Waals surface area contributed by atoms with Gasteiger partial charge in [0.05, 0.1) is 7.11 Å². The molecule has 0 aliphatic rings. The Morgan fingerprint density at radius 1 is 1.12 bits per heavy atom. The van der Waals surface area contributed by atoms with Crippen LogP contribution in [0.25, 0.3) is 0 Å². The van der Waals surface area contributed by atoms with Gasteiger partial charge in [-0.25, -0.2) is 0 Å². The van der Waals surface area contributed by atoms with E-state index in [9.17, 15) is 4.79 Å². The molecule has 2 rings (SSSR count). The smallest absolute Gasteiger partial charge is 0.251 e. The van der Waals surface area contributed by atoms with Gasteiger partial charge in [0, 0.05) is 21.7 Å². The Bertz CT molecular complexity index is 723. The third-order valence-electron chi connectivity index (χ3n) is 3.26. The van der Waals surface area contributed by atoms with E-state index < -0.39 is 0 Å². The van der Waals surface area contributed by atoms with Crippen molar-refractivity contribution in [3.63, 3.8) is 0 Å². The van der Waals surface area contributed by atoms with Gasteiger partial charge in [0.25, 0.3) is 5.91 Å². The normalized spacial score (nSPS) is 11.0. The van der Waals surface area contributed by atoms with Gasteiger partial charge in [-0.05, 0) is 45.0 Å². The summed E-state index contributed by atoms with van der Waals surface area (Å²) in [6.07, 6.45) is 0. The maximum absolute atomic E-state index is 12.2. The highest BCUT2D eigenvalue weighted by atomic mass is 35.5. The fraction of sp³-hybridized carbons (Fsp3) is 0.316. The number of rotatable bonds is 5. The van der Waals surface area contributed by atoms with Crippen LogP contribution in [-0.4, -0.2) is 18.6 Å². The number of carbonyl (C=O) groups excluding carboxylic acids is 1. The molecular formula is C19H22ClNO3. The van der Waals surface area contributed by atoms with Gasteiger partial charge >= 0.3 is 0 Å². The number of hydrogen-bond donors (Lipinski definition) is 1. The van der Waals surface area contributed by atoms with Crippen molar-refractivity contribution in [2.24, 2.45) is 0 Å². The first-order valence-corrected chi connectivity index (χ1v) is 8.05. The second-order valence-corrected chi connectivity index (χ2v) is 6.86. The predicted molar refractivity (Wildman–Crippen MR) is 96.0 cm³/mol. The zero-order chi connectivity index (χ0) is 17.7. The SMILES string of the molecule is COc1cc(C(=O)NC(C)(C)C)ccc1OCc1ccccc1Cl. The molecule has 0 radical (unpaired) electrons. The van der Waals surface area contributed by atoms with Crippen LogP contribution in [-0.2, 0) is 6.61 Å². The molecule has 5 heteroatoms. The van der Waals surface area contributed by atoms with Crippen LogP contribution in [0.1, 0.15) is 36.7 Å². The Morgan fingerprint density at radius 2 is 1.83 bits per heavy atom. The van der Waals surface area contributed by atoms with E-state index in [-0.39, 0.29) is 11.4 Å². The van der Waals surface area contributed by atoms with Crippen LogP contribution in [0.5, 0.6) is 11.5 Å². The maximum atomic E-state index is 12.2. The summed E-state index contributed by atoms with van der Waals surface area (Å²) in [5.74, 6) is 0.909. The minimum atomic E-state index is -0.302. The largest absolute Gasteiger partial charge is 0.493 e. The summed E-state index contributed by atoms with van der Waals surface area (Å²) >= 11 is 6.13. The molecule has 2 aromatic carbocycles. The number of carbonyl (C=O) groups is 1. The van der Waals surface area contributed by atoms with E-state index in [2.05, 4.69) is 5.32 Å². The van der Waals surface area contributed by atoms with Gasteiger partial charge in [-0.2, -0.15) is 0 Å². The zero-order valence-electron chi connectivity index (χ0n) is 14.4. The van der Waals surface area contributed by atoms with E-state index in [0.717, 1.165) is 5.56 Å². The van der Waals surface area contributed by atoms with Gasteiger partial charge < -0.3 is 14.8 Å². The van der Waals surface area contributed by atoms with E-state index in [1.165, 1.54) is 0 Å². The number of amides is 1. The van der Waals surface area contributed by atoms with E-state index in [1.54, 1.807) is 25.3 Å². The standard InChI is InChI=1S/C19H22ClNO3/c1-19(2,3)21-18(22)13-9-10-16(17(11-13)23-4)24-12-14-7-5-6-8-15(14)20/h5-11H,12H2,1-4H3,(H,21,22). The molecule has 0 spiro atoms. The van der Waals surface area contributed by atoms with Crippen LogP contribution in [0.15, 0.2) is 42.5 Å². The molecule has 1 N–H and O–H groups in total. The maximum Gasteiger partial charge on any atom is 0.251 e. The summed E-state index contributed by atoms with van der Waals surface area (Å²) in [6, 6.07) is 12.6. The van der Waals surface area contributed by atoms with Crippen molar-refractivity contribution in [1.82, 2.24) is 5.32 Å². The van der Waals surface area contributed by atoms with Crippen molar-refractivity contribution in [2.45, 2.75) is 32.9 Å². The van der Waals surface area contributed by atoms with Crippen molar-refractivity contribution in [2.75, 3.05) is 7.11 Å². The Morgan fingerprint density at radius 3 is 2.46 bits per heavy atom. The fourth-order valence-electron chi connectivity index (χ4n) is 2.11. The summed E-state index contributed by atoms with van der Waals surface area (Å²) in [5, 5.41) is 3.57. The van der Waals surface area contributed by atoms with Crippen LogP contribution in [0.3, 0.4) is 0 Å². The number of hydrogen-bond acceptors (Lipinski definition) is 3. The number of halogens is 1. The fourth-order valence-corrected chi connectivity index (χ4v) is 2.30. The molecule has 0 saturated carbocycles. The summed E-state index contributed by atoms with van der Waals surface area (Å²) in [4.78, 5) is 12.2. The van der Waals surface area contributed by atoms with E-state index in [0.29, 0.717) is 28.7 Å². The number of ether oxygens (including phenoxy) is 2. The van der Waals surface area contributed by atoms with Crippen LogP contribution in [0, 0.1) is 0 Å². The number of nitrogens with one attached hydrogen (secondary N) is 1. The van der Waals surface area contributed by atoms with Crippen LogP contribution >= 0.6 is 11.6 Å². The summed E-state index contributed by atoms with van der Waals surface area (Å²) in [7, 11) is 1.54. The van der Waals surface area contributed by atoms with Gasteiger partial charge in [0.15, 0.2) is 11.5 Å². The molecule has 0 fully saturated rings.